The molecule has 0 radical (unpaired) electrons. The maximum atomic E-state index is 11.1. The molecule has 2 heterocycles. The molecule has 0 spiro atoms. The predicted octanol–water partition coefficient (Wildman–Crippen LogP) is 3.70. The van der Waals surface area contributed by atoms with E-state index in [1.807, 2.05) is 12.2 Å². The number of aromatic nitrogens is 1. The van der Waals surface area contributed by atoms with E-state index in [0.717, 1.165) is 60.3 Å². The monoisotopic (exact) mass is 405 g/mol. The molecule has 1 fully saturated rings. The molecule has 0 aromatic carbocycles. The van der Waals surface area contributed by atoms with Gasteiger partial charge in [0.05, 0.1) is 4.47 Å². The molecular formula is C19H24BrN3O2. The van der Waals surface area contributed by atoms with Crippen molar-refractivity contribution in [2.24, 2.45) is 0 Å². The minimum atomic E-state index is -0.00483. The first kappa shape index (κ1) is 18.1. The largest absolute Gasteiger partial charge is 0.356 e. The topological polar surface area (TPSA) is 67.2 Å². The van der Waals surface area contributed by atoms with E-state index < -0.39 is 0 Å². The zero-order valence-electron chi connectivity index (χ0n) is 14.5. The fourth-order valence-corrected chi connectivity index (χ4v) is 4.01. The van der Waals surface area contributed by atoms with Crippen molar-refractivity contribution in [3.05, 3.63) is 45.8 Å². The maximum absolute atomic E-state index is 11.1. The highest BCUT2D eigenvalue weighted by Crippen LogP contribution is 2.37. The SMILES string of the molecule is CC(=O)NCCC1=C(c2onc([C@@H]3CCCNC3)c2Br)C=CC=CC1. The van der Waals surface area contributed by atoms with Gasteiger partial charge in [-0.3, -0.25) is 4.79 Å². The molecule has 1 aliphatic carbocycles. The molecule has 1 saturated heterocycles. The van der Waals surface area contributed by atoms with Crippen molar-refractivity contribution in [1.82, 2.24) is 15.8 Å². The number of rotatable bonds is 5. The second kappa shape index (κ2) is 8.63. The number of carbonyl (C=O) groups is 1. The van der Waals surface area contributed by atoms with Crippen molar-refractivity contribution in [3.8, 4) is 0 Å². The van der Waals surface area contributed by atoms with Gasteiger partial charge in [-0.15, -0.1) is 0 Å². The summed E-state index contributed by atoms with van der Waals surface area (Å²) >= 11 is 3.72. The summed E-state index contributed by atoms with van der Waals surface area (Å²) in [5.74, 6) is 1.17. The number of carbonyl (C=O) groups excluding carboxylic acids is 1. The summed E-state index contributed by atoms with van der Waals surface area (Å²) in [5.41, 5.74) is 3.30. The van der Waals surface area contributed by atoms with Crippen LogP contribution in [0.4, 0.5) is 0 Å². The van der Waals surface area contributed by atoms with Crippen molar-refractivity contribution in [3.63, 3.8) is 0 Å². The standard InChI is InChI=1S/C19H24BrN3O2/c1-13(24)22-11-9-14-6-3-2-4-8-16(14)19-17(20)18(23-25-19)15-7-5-10-21-12-15/h2-4,8,15,21H,5-7,9-12H2,1H3,(H,22,24)/t15-/m1/s1. The van der Waals surface area contributed by atoms with Crippen LogP contribution in [0.1, 0.15) is 50.0 Å². The highest BCUT2D eigenvalue weighted by Gasteiger charge is 2.26. The lowest BCUT2D eigenvalue weighted by Crippen LogP contribution is -2.28. The van der Waals surface area contributed by atoms with E-state index in [1.54, 1.807) is 6.92 Å². The molecule has 1 aliphatic heterocycles. The van der Waals surface area contributed by atoms with Gasteiger partial charge in [-0.2, -0.15) is 0 Å². The van der Waals surface area contributed by atoms with Gasteiger partial charge >= 0.3 is 0 Å². The summed E-state index contributed by atoms with van der Waals surface area (Å²) < 4.78 is 6.71. The minimum absolute atomic E-state index is 0.00483. The Morgan fingerprint density at radius 3 is 3.12 bits per heavy atom. The normalized spacial score (nSPS) is 20.6. The van der Waals surface area contributed by atoms with Crippen molar-refractivity contribution >= 4 is 27.4 Å². The van der Waals surface area contributed by atoms with Crippen LogP contribution in [0.25, 0.3) is 5.57 Å². The lowest BCUT2D eigenvalue weighted by molar-refractivity contribution is -0.118. The highest BCUT2D eigenvalue weighted by atomic mass is 79.9. The molecule has 2 N–H and O–H groups in total. The third-order valence-corrected chi connectivity index (χ3v) is 5.41. The Morgan fingerprint density at radius 2 is 2.36 bits per heavy atom. The Balaban J connectivity index is 1.86. The number of piperidine rings is 1. The van der Waals surface area contributed by atoms with Gasteiger partial charge in [-0.05, 0) is 48.2 Å². The smallest absolute Gasteiger partial charge is 0.216 e. The third-order valence-electron chi connectivity index (χ3n) is 4.64. The molecule has 25 heavy (non-hydrogen) atoms. The zero-order valence-corrected chi connectivity index (χ0v) is 16.1. The van der Waals surface area contributed by atoms with Crippen LogP contribution in [-0.4, -0.2) is 30.7 Å². The Bertz CT molecular complexity index is 712. The molecule has 6 heteroatoms. The molecule has 3 rings (SSSR count). The number of hydrogen-bond acceptors (Lipinski definition) is 4. The lowest BCUT2D eigenvalue weighted by Gasteiger charge is -2.20. The number of amides is 1. The van der Waals surface area contributed by atoms with E-state index in [1.165, 1.54) is 5.57 Å². The van der Waals surface area contributed by atoms with Gasteiger partial charge in [0.15, 0.2) is 5.76 Å². The average molecular weight is 406 g/mol. The Kier molecular flexibility index (Phi) is 6.26. The zero-order chi connectivity index (χ0) is 17.6. The average Bonchev–Trinajstić information content (AvgIpc) is 2.84. The number of nitrogens with zero attached hydrogens (tertiary/aromatic N) is 1. The van der Waals surface area contributed by atoms with Gasteiger partial charge in [-0.1, -0.05) is 35.0 Å². The predicted molar refractivity (Wildman–Crippen MR) is 102 cm³/mol. The number of halogens is 1. The Hall–Kier alpha value is -1.66. The van der Waals surface area contributed by atoms with Crippen molar-refractivity contribution in [2.75, 3.05) is 19.6 Å². The summed E-state index contributed by atoms with van der Waals surface area (Å²) in [6.07, 6.45) is 12.2. The third kappa shape index (κ3) is 4.50. The second-order valence-corrected chi connectivity index (χ2v) is 7.29. The van der Waals surface area contributed by atoms with Crippen molar-refractivity contribution in [1.29, 1.82) is 0 Å². The number of allylic oxidation sites excluding steroid dienone is 5. The van der Waals surface area contributed by atoms with E-state index in [2.05, 4.69) is 43.9 Å². The van der Waals surface area contributed by atoms with E-state index in [9.17, 15) is 4.79 Å². The fraction of sp³-hybridized carbons (Fsp3) is 0.474. The summed E-state index contributed by atoms with van der Waals surface area (Å²) in [5, 5.41) is 10.7. The summed E-state index contributed by atoms with van der Waals surface area (Å²) in [6.45, 7) is 4.18. The molecular weight excluding hydrogens is 382 g/mol. The fourth-order valence-electron chi connectivity index (χ4n) is 3.33. The van der Waals surface area contributed by atoms with Crippen LogP contribution >= 0.6 is 15.9 Å². The van der Waals surface area contributed by atoms with Crippen LogP contribution in [-0.2, 0) is 4.79 Å². The van der Waals surface area contributed by atoms with Gasteiger partial charge in [0, 0.05) is 31.5 Å². The summed E-state index contributed by atoms with van der Waals surface area (Å²) in [7, 11) is 0. The Morgan fingerprint density at radius 1 is 1.48 bits per heavy atom. The van der Waals surface area contributed by atoms with Gasteiger partial charge < -0.3 is 15.2 Å². The quantitative estimate of drug-likeness (QED) is 0.783. The van der Waals surface area contributed by atoms with Crippen LogP contribution in [0.5, 0.6) is 0 Å². The van der Waals surface area contributed by atoms with Crippen LogP contribution in [0.2, 0.25) is 0 Å². The first-order valence-electron chi connectivity index (χ1n) is 8.82. The molecule has 1 amide bonds. The molecule has 2 aliphatic rings. The van der Waals surface area contributed by atoms with E-state index >= 15 is 0 Å². The first-order chi connectivity index (χ1) is 12.2. The van der Waals surface area contributed by atoms with E-state index in [0.29, 0.717) is 12.5 Å². The molecule has 134 valence electrons. The van der Waals surface area contributed by atoms with Crippen molar-refractivity contribution < 1.29 is 9.32 Å². The van der Waals surface area contributed by atoms with Crippen LogP contribution in [0, 0.1) is 0 Å². The van der Waals surface area contributed by atoms with Crippen LogP contribution in [0.15, 0.2) is 38.9 Å². The van der Waals surface area contributed by atoms with Crippen molar-refractivity contribution in [2.45, 2.75) is 38.5 Å². The van der Waals surface area contributed by atoms with Crippen LogP contribution in [0.3, 0.4) is 0 Å². The molecule has 1 aromatic heterocycles. The summed E-state index contributed by atoms with van der Waals surface area (Å²) in [6, 6.07) is 0. The van der Waals surface area contributed by atoms with E-state index in [-0.39, 0.29) is 5.91 Å². The lowest BCUT2D eigenvalue weighted by atomic mass is 9.94. The van der Waals surface area contributed by atoms with Gasteiger partial charge in [0.1, 0.15) is 5.69 Å². The van der Waals surface area contributed by atoms with Gasteiger partial charge in [0.25, 0.3) is 0 Å². The summed E-state index contributed by atoms with van der Waals surface area (Å²) in [4.78, 5) is 11.1. The highest BCUT2D eigenvalue weighted by molar-refractivity contribution is 9.10. The van der Waals surface area contributed by atoms with Crippen LogP contribution < -0.4 is 10.6 Å². The molecule has 5 nitrogen and oxygen atoms in total. The maximum Gasteiger partial charge on any atom is 0.216 e. The minimum Gasteiger partial charge on any atom is -0.356 e. The molecule has 0 saturated carbocycles. The Labute approximate surface area is 156 Å². The molecule has 1 aromatic rings. The first-order valence-corrected chi connectivity index (χ1v) is 9.62. The molecule has 1 atom stereocenters. The van der Waals surface area contributed by atoms with E-state index in [4.69, 9.17) is 4.52 Å². The number of hydrogen-bond donors (Lipinski definition) is 2. The molecule has 0 unspecified atom stereocenters. The molecule has 0 bridgehead atoms. The van der Waals surface area contributed by atoms with Gasteiger partial charge in [-0.25, -0.2) is 0 Å². The second-order valence-electron chi connectivity index (χ2n) is 6.50. The number of nitrogens with one attached hydrogen (secondary N) is 2. The van der Waals surface area contributed by atoms with Gasteiger partial charge in [0.2, 0.25) is 5.91 Å².